The molecule has 16 heavy (non-hydrogen) atoms. The maximum atomic E-state index is 13.9. The van der Waals surface area contributed by atoms with E-state index in [0.29, 0.717) is 11.9 Å². The van der Waals surface area contributed by atoms with Gasteiger partial charge in [-0.05, 0) is 18.1 Å². The number of ether oxygens (including phenoxy) is 1. The lowest BCUT2D eigenvalue weighted by atomic mass is 10.1. The molecule has 1 aromatic carbocycles. The molecule has 1 heterocycles. The van der Waals surface area contributed by atoms with Crippen molar-refractivity contribution in [2.45, 2.75) is 11.8 Å². The van der Waals surface area contributed by atoms with E-state index in [4.69, 9.17) is 4.74 Å². The number of halogens is 2. The molecule has 1 aliphatic rings. The molecule has 0 aliphatic carbocycles. The van der Waals surface area contributed by atoms with Crippen molar-refractivity contribution in [3.8, 4) is 0 Å². The lowest BCUT2D eigenvalue weighted by molar-refractivity contribution is 0.152. The summed E-state index contributed by atoms with van der Waals surface area (Å²) in [7, 11) is 0. The lowest BCUT2D eigenvalue weighted by Gasteiger charge is -2.24. The Morgan fingerprint density at radius 2 is 2.19 bits per heavy atom. The van der Waals surface area contributed by atoms with Gasteiger partial charge in [-0.25, -0.2) is 4.39 Å². The van der Waals surface area contributed by atoms with E-state index in [1.54, 1.807) is 6.07 Å². The first-order valence-corrected chi connectivity index (χ1v) is 6.61. The molecule has 88 valence electrons. The highest BCUT2D eigenvalue weighted by Crippen LogP contribution is 2.27. The molecule has 1 saturated heterocycles. The van der Waals surface area contributed by atoms with Crippen molar-refractivity contribution in [3.63, 3.8) is 0 Å². The van der Waals surface area contributed by atoms with Crippen LogP contribution in [0.3, 0.4) is 0 Å². The normalized spacial score (nSPS) is 17.2. The van der Waals surface area contributed by atoms with Gasteiger partial charge in [0, 0.05) is 25.0 Å². The van der Waals surface area contributed by atoms with E-state index in [-0.39, 0.29) is 5.82 Å². The second-order valence-corrected chi connectivity index (χ2v) is 4.39. The van der Waals surface area contributed by atoms with Gasteiger partial charge in [-0.3, -0.25) is 0 Å². The number of hydrogen-bond acceptors (Lipinski definition) is 2. The van der Waals surface area contributed by atoms with E-state index in [1.807, 2.05) is 6.07 Å². The second-order valence-electron chi connectivity index (χ2n) is 3.83. The van der Waals surface area contributed by atoms with Crippen LogP contribution in [-0.4, -0.2) is 26.3 Å². The first-order chi connectivity index (χ1) is 7.83. The maximum Gasteiger partial charge on any atom is 0.146 e. The van der Waals surface area contributed by atoms with Gasteiger partial charge in [0.25, 0.3) is 0 Å². The molecular formula is C12H15BrFNO. The van der Waals surface area contributed by atoms with Gasteiger partial charge in [0.1, 0.15) is 5.82 Å². The van der Waals surface area contributed by atoms with Gasteiger partial charge in [0.05, 0.1) is 12.3 Å². The predicted octanol–water partition coefficient (Wildman–Crippen LogP) is 2.95. The van der Waals surface area contributed by atoms with Crippen LogP contribution >= 0.6 is 15.9 Å². The summed E-state index contributed by atoms with van der Waals surface area (Å²) in [6.07, 6.45) is 0.954. The molecule has 2 nitrogen and oxygen atoms in total. The van der Waals surface area contributed by atoms with Crippen molar-refractivity contribution in [1.82, 2.24) is 0 Å². The molecule has 0 spiro atoms. The van der Waals surface area contributed by atoms with Gasteiger partial charge in [0.2, 0.25) is 0 Å². The van der Waals surface area contributed by atoms with E-state index in [9.17, 15) is 4.39 Å². The van der Waals surface area contributed by atoms with Crippen LogP contribution in [0, 0.1) is 5.82 Å². The molecule has 0 radical (unpaired) electrons. The van der Waals surface area contributed by atoms with E-state index in [1.165, 1.54) is 6.07 Å². The van der Waals surface area contributed by atoms with Gasteiger partial charge in [-0.15, -0.1) is 0 Å². The maximum absolute atomic E-state index is 13.9. The Balaban J connectivity index is 2.29. The minimum atomic E-state index is -0.140. The fourth-order valence-corrected chi connectivity index (χ4v) is 2.44. The standard InChI is InChI=1S/C12H15BrFNO/c13-9-10-3-1-4-11(14)12(10)15-5-2-7-16-8-6-15/h1,3-4H,2,5-9H2. The monoisotopic (exact) mass is 287 g/mol. The zero-order valence-electron chi connectivity index (χ0n) is 9.09. The highest BCUT2D eigenvalue weighted by atomic mass is 79.9. The molecule has 0 N–H and O–H groups in total. The summed E-state index contributed by atoms with van der Waals surface area (Å²) >= 11 is 3.40. The van der Waals surface area contributed by atoms with Crippen LogP contribution in [0.5, 0.6) is 0 Å². The highest BCUT2D eigenvalue weighted by Gasteiger charge is 2.16. The van der Waals surface area contributed by atoms with Crippen molar-refractivity contribution in [3.05, 3.63) is 29.6 Å². The van der Waals surface area contributed by atoms with Crippen LogP contribution in [0.4, 0.5) is 10.1 Å². The summed E-state index contributed by atoms with van der Waals surface area (Å²) in [6.45, 7) is 3.08. The first kappa shape index (κ1) is 11.9. The molecule has 1 aliphatic heterocycles. The average Bonchev–Trinajstić information content (AvgIpc) is 2.57. The summed E-state index contributed by atoms with van der Waals surface area (Å²) in [5, 5.41) is 0.678. The van der Waals surface area contributed by atoms with Gasteiger partial charge in [0.15, 0.2) is 0 Å². The molecule has 4 heteroatoms. The molecule has 0 amide bonds. The summed E-state index contributed by atoms with van der Waals surface area (Å²) in [4.78, 5) is 2.08. The Bertz CT molecular complexity index is 351. The zero-order chi connectivity index (χ0) is 11.4. The third kappa shape index (κ3) is 2.55. The predicted molar refractivity (Wildman–Crippen MR) is 66.7 cm³/mol. The van der Waals surface area contributed by atoms with Gasteiger partial charge < -0.3 is 9.64 Å². The number of benzene rings is 1. The minimum Gasteiger partial charge on any atom is -0.380 e. The Morgan fingerprint density at radius 3 is 3.00 bits per heavy atom. The number of alkyl halides is 1. The van der Waals surface area contributed by atoms with Gasteiger partial charge in [-0.1, -0.05) is 28.1 Å². The fraction of sp³-hybridized carbons (Fsp3) is 0.500. The fourth-order valence-electron chi connectivity index (χ4n) is 1.99. The van der Waals surface area contributed by atoms with E-state index >= 15 is 0 Å². The number of rotatable bonds is 2. The largest absolute Gasteiger partial charge is 0.380 e. The van der Waals surface area contributed by atoms with Gasteiger partial charge >= 0.3 is 0 Å². The lowest BCUT2D eigenvalue weighted by Crippen LogP contribution is -2.27. The third-order valence-corrected chi connectivity index (χ3v) is 3.36. The summed E-state index contributed by atoms with van der Waals surface area (Å²) in [6, 6.07) is 5.23. The van der Waals surface area contributed by atoms with Crippen LogP contribution in [0.1, 0.15) is 12.0 Å². The SMILES string of the molecule is Fc1cccc(CBr)c1N1CCCOCC1. The first-order valence-electron chi connectivity index (χ1n) is 5.49. The van der Waals surface area contributed by atoms with E-state index < -0.39 is 0 Å². The molecule has 0 unspecified atom stereocenters. The minimum absolute atomic E-state index is 0.140. The van der Waals surface area contributed by atoms with Crippen molar-refractivity contribution < 1.29 is 9.13 Å². The molecule has 0 atom stereocenters. The zero-order valence-corrected chi connectivity index (χ0v) is 10.7. The van der Waals surface area contributed by atoms with Crippen LogP contribution in [-0.2, 0) is 10.1 Å². The number of para-hydroxylation sites is 1. The summed E-state index contributed by atoms with van der Waals surface area (Å²) in [5.74, 6) is -0.140. The second kappa shape index (κ2) is 5.64. The van der Waals surface area contributed by atoms with Crippen LogP contribution in [0.15, 0.2) is 18.2 Å². The number of anilines is 1. The number of nitrogens with zero attached hydrogens (tertiary/aromatic N) is 1. The topological polar surface area (TPSA) is 12.5 Å². The Morgan fingerprint density at radius 1 is 1.31 bits per heavy atom. The highest BCUT2D eigenvalue weighted by molar-refractivity contribution is 9.08. The van der Waals surface area contributed by atoms with Crippen molar-refractivity contribution in [2.24, 2.45) is 0 Å². The van der Waals surface area contributed by atoms with Crippen LogP contribution in [0.2, 0.25) is 0 Å². The Hall–Kier alpha value is -0.610. The molecule has 0 saturated carbocycles. The average molecular weight is 288 g/mol. The van der Waals surface area contributed by atoms with Crippen molar-refractivity contribution >= 4 is 21.6 Å². The van der Waals surface area contributed by atoms with E-state index in [2.05, 4.69) is 20.8 Å². The summed E-state index contributed by atoms with van der Waals surface area (Å²) in [5.41, 5.74) is 1.73. The molecule has 0 aromatic heterocycles. The molecule has 1 aromatic rings. The molecular weight excluding hydrogens is 273 g/mol. The third-order valence-electron chi connectivity index (χ3n) is 2.75. The molecule has 0 bridgehead atoms. The molecule has 2 rings (SSSR count). The van der Waals surface area contributed by atoms with Crippen molar-refractivity contribution in [2.75, 3.05) is 31.2 Å². The Kier molecular flexibility index (Phi) is 4.18. The quantitative estimate of drug-likeness (QED) is 0.776. The Labute approximate surface area is 104 Å². The van der Waals surface area contributed by atoms with E-state index in [0.717, 1.165) is 37.4 Å². The smallest absolute Gasteiger partial charge is 0.146 e. The van der Waals surface area contributed by atoms with Gasteiger partial charge in [-0.2, -0.15) is 0 Å². The number of hydrogen-bond donors (Lipinski definition) is 0. The van der Waals surface area contributed by atoms with Crippen LogP contribution in [0.25, 0.3) is 0 Å². The van der Waals surface area contributed by atoms with Crippen LogP contribution < -0.4 is 4.90 Å². The van der Waals surface area contributed by atoms with Crippen molar-refractivity contribution in [1.29, 1.82) is 0 Å². The summed E-state index contributed by atoms with van der Waals surface area (Å²) < 4.78 is 19.2. The molecule has 1 fully saturated rings.